The number of primary amides is 1. The highest BCUT2D eigenvalue weighted by molar-refractivity contribution is 6.04. The molecule has 4 N–H and O–H groups in total. The maximum Gasteiger partial charge on any atom is 0.220 e. The summed E-state index contributed by atoms with van der Waals surface area (Å²) >= 11 is 0. The van der Waals surface area contributed by atoms with Crippen LogP contribution in [0.5, 0.6) is 0 Å². The van der Waals surface area contributed by atoms with E-state index in [-0.39, 0.29) is 17.7 Å². The highest BCUT2D eigenvalue weighted by atomic mass is 16.1. The van der Waals surface area contributed by atoms with Crippen molar-refractivity contribution in [2.24, 2.45) is 17.6 Å². The highest BCUT2D eigenvalue weighted by Crippen LogP contribution is 2.30. The summed E-state index contributed by atoms with van der Waals surface area (Å²) in [6.07, 6.45) is 9.48. The number of imidazole rings is 1. The first-order valence-corrected chi connectivity index (χ1v) is 11.6. The quantitative estimate of drug-likeness (QED) is 0.420. The lowest BCUT2D eigenvalue weighted by molar-refractivity contribution is -0.123. The van der Waals surface area contributed by atoms with E-state index in [1.54, 1.807) is 6.20 Å². The van der Waals surface area contributed by atoms with Gasteiger partial charge in [-0.25, -0.2) is 9.97 Å². The molecule has 2 atom stereocenters. The first-order chi connectivity index (χ1) is 15.3. The number of amides is 1. The molecule has 3 aromatic heterocycles. The summed E-state index contributed by atoms with van der Waals surface area (Å²) in [5.41, 5.74) is 16.5. The molecule has 3 rings (SSSR count). The van der Waals surface area contributed by atoms with Crippen molar-refractivity contribution in [2.75, 3.05) is 5.73 Å². The fourth-order valence-electron chi connectivity index (χ4n) is 4.35. The summed E-state index contributed by atoms with van der Waals surface area (Å²) < 4.78 is 2.19. The summed E-state index contributed by atoms with van der Waals surface area (Å²) in [4.78, 5) is 26.3. The van der Waals surface area contributed by atoms with Gasteiger partial charge in [0.25, 0.3) is 0 Å². The van der Waals surface area contributed by atoms with E-state index in [1.165, 1.54) is 5.57 Å². The van der Waals surface area contributed by atoms with Gasteiger partial charge in [0.2, 0.25) is 5.91 Å². The minimum atomic E-state index is -0.238. The molecule has 0 spiro atoms. The van der Waals surface area contributed by atoms with Crippen LogP contribution in [0.3, 0.4) is 0 Å². The van der Waals surface area contributed by atoms with E-state index in [1.807, 2.05) is 12.1 Å². The number of carbonyl (C=O) groups is 1. The number of rotatable bonds is 11. The monoisotopic (exact) mass is 436 g/mol. The molecule has 3 heterocycles. The lowest BCUT2D eigenvalue weighted by Crippen LogP contribution is -2.30. The number of pyridine rings is 2. The van der Waals surface area contributed by atoms with E-state index in [9.17, 15) is 4.79 Å². The Bertz CT molecular complexity index is 1110. The van der Waals surface area contributed by atoms with Crippen LogP contribution < -0.4 is 11.5 Å². The van der Waals surface area contributed by atoms with Gasteiger partial charge in [0.05, 0.1) is 5.52 Å². The Balaban J connectivity index is 1.96. The van der Waals surface area contributed by atoms with E-state index in [0.29, 0.717) is 24.3 Å². The van der Waals surface area contributed by atoms with Gasteiger partial charge in [-0.15, -0.1) is 0 Å². The number of aromatic nitrogens is 4. The van der Waals surface area contributed by atoms with E-state index in [2.05, 4.69) is 48.3 Å². The second-order valence-corrected chi connectivity index (χ2v) is 8.98. The zero-order chi connectivity index (χ0) is 23.3. The highest BCUT2D eigenvalue weighted by Gasteiger charge is 2.24. The maximum atomic E-state index is 12.3. The third-order valence-corrected chi connectivity index (χ3v) is 6.19. The zero-order valence-corrected chi connectivity index (χ0v) is 19.8. The molecule has 1 amide bonds. The average molecular weight is 437 g/mol. The topological polar surface area (TPSA) is 113 Å². The van der Waals surface area contributed by atoms with Crippen LogP contribution in [0.1, 0.15) is 65.6 Å². The Morgan fingerprint density at radius 3 is 2.69 bits per heavy atom. The Kier molecular flexibility index (Phi) is 7.83. The molecule has 0 aliphatic rings. The van der Waals surface area contributed by atoms with Crippen LogP contribution in [-0.2, 0) is 17.8 Å². The van der Waals surface area contributed by atoms with Crippen molar-refractivity contribution in [3.05, 3.63) is 35.8 Å². The van der Waals surface area contributed by atoms with Crippen molar-refractivity contribution < 1.29 is 4.79 Å². The lowest BCUT2D eigenvalue weighted by Gasteiger charge is -2.22. The third kappa shape index (κ3) is 5.26. The Morgan fingerprint density at radius 1 is 1.22 bits per heavy atom. The number of allylic oxidation sites excluding steroid dienone is 2. The van der Waals surface area contributed by atoms with Gasteiger partial charge in [-0.2, -0.15) is 0 Å². The minimum Gasteiger partial charge on any atom is -0.382 e. The normalized spacial score (nSPS) is 13.4. The van der Waals surface area contributed by atoms with Gasteiger partial charge in [-0.3, -0.25) is 9.78 Å². The van der Waals surface area contributed by atoms with Crippen molar-refractivity contribution >= 4 is 33.8 Å². The molecule has 0 aliphatic heterocycles. The molecule has 32 heavy (non-hydrogen) atoms. The van der Waals surface area contributed by atoms with Crippen molar-refractivity contribution in [3.63, 3.8) is 0 Å². The predicted molar refractivity (Wildman–Crippen MR) is 131 cm³/mol. The molecule has 172 valence electrons. The summed E-state index contributed by atoms with van der Waals surface area (Å²) in [6.45, 7) is 9.12. The number of hydrogen-bond acceptors (Lipinski definition) is 5. The summed E-state index contributed by atoms with van der Waals surface area (Å²) in [6, 6.07) is 3.77. The second-order valence-electron chi connectivity index (χ2n) is 8.98. The fourth-order valence-corrected chi connectivity index (χ4v) is 4.35. The van der Waals surface area contributed by atoms with Gasteiger partial charge in [-0.05, 0) is 57.6 Å². The molecule has 0 saturated heterocycles. The van der Waals surface area contributed by atoms with Crippen LogP contribution in [-0.4, -0.2) is 25.4 Å². The number of anilines is 1. The van der Waals surface area contributed by atoms with Crippen LogP contribution in [0.15, 0.2) is 30.0 Å². The van der Waals surface area contributed by atoms with E-state index in [0.717, 1.165) is 54.5 Å². The van der Waals surface area contributed by atoms with E-state index < -0.39 is 0 Å². The minimum absolute atomic E-state index is 0.199. The number of aryl methyl sites for hydroxylation is 2. The molecule has 7 heteroatoms. The van der Waals surface area contributed by atoms with Gasteiger partial charge in [0.1, 0.15) is 22.4 Å². The van der Waals surface area contributed by atoms with Crippen molar-refractivity contribution in [1.29, 1.82) is 0 Å². The molecule has 3 aromatic rings. The van der Waals surface area contributed by atoms with Crippen molar-refractivity contribution in [1.82, 2.24) is 19.5 Å². The van der Waals surface area contributed by atoms with Crippen LogP contribution in [0.4, 0.5) is 5.82 Å². The number of unbranched alkanes of at least 4 members (excludes halogenated alkanes) is 1. The van der Waals surface area contributed by atoms with Crippen LogP contribution in [0.25, 0.3) is 22.1 Å². The molecule has 0 aromatic carbocycles. The Morgan fingerprint density at radius 2 is 2.00 bits per heavy atom. The smallest absolute Gasteiger partial charge is 0.220 e. The lowest BCUT2D eigenvalue weighted by atomic mass is 9.86. The first kappa shape index (κ1) is 23.7. The Labute approximate surface area is 190 Å². The predicted octanol–water partition coefficient (Wildman–Crippen LogP) is 4.78. The number of hydrogen-bond donors (Lipinski definition) is 2. The fraction of sp³-hybridized carbons (Fsp3) is 0.520. The van der Waals surface area contributed by atoms with Crippen LogP contribution >= 0.6 is 0 Å². The number of nitrogens with two attached hydrogens (primary N) is 2. The Hall–Kier alpha value is -2.96. The molecule has 2 unspecified atom stereocenters. The third-order valence-electron chi connectivity index (χ3n) is 6.19. The van der Waals surface area contributed by atoms with Gasteiger partial charge >= 0.3 is 0 Å². The number of carbonyl (C=O) groups excluding carboxylic acids is 1. The van der Waals surface area contributed by atoms with Crippen LogP contribution in [0.2, 0.25) is 0 Å². The number of fused-ring (bicyclic) bond motifs is 3. The van der Waals surface area contributed by atoms with E-state index in [4.69, 9.17) is 16.5 Å². The van der Waals surface area contributed by atoms with Gasteiger partial charge in [-0.1, -0.05) is 31.9 Å². The second kappa shape index (κ2) is 10.6. The summed E-state index contributed by atoms with van der Waals surface area (Å²) in [7, 11) is 0. The molecule has 0 saturated carbocycles. The standard InChI is InChI=1S/C25H36N6O/c1-5-6-12-20-30-22-23(21-19(29-24(22)26)11-8-14-28-21)31(20)15-13-18(25(27)32)17(4)10-7-9-16(2)3/h8-9,11,14,17-18H,5-7,10,12-13,15H2,1-4H3,(H2,26,29)(H2,27,32). The van der Waals surface area contributed by atoms with Gasteiger partial charge in [0.15, 0.2) is 5.82 Å². The molecule has 7 nitrogen and oxygen atoms in total. The molecule has 0 fully saturated rings. The largest absolute Gasteiger partial charge is 0.382 e. The molecular formula is C25H36N6O. The zero-order valence-electron chi connectivity index (χ0n) is 19.8. The van der Waals surface area contributed by atoms with Crippen molar-refractivity contribution in [3.8, 4) is 0 Å². The molecule has 0 radical (unpaired) electrons. The van der Waals surface area contributed by atoms with E-state index >= 15 is 0 Å². The van der Waals surface area contributed by atoms with Gasteiger partial charge < -0.3 is 16.0 Å². The molecule has 0 aliphatic carbocycles. The summed E-state index contributed by atoms with van der Waals surface area (Å²) in [5, 5.41) is 0. The molecular weight excluding hydrogens is 400 g/mol. The number of nitrogen functional groups attached to an aromatic ring is 1. The number of nitrogens with zero attached hydrogens (tertiary/aromatic N) is 4. The SMILES string of the molecule is CCCCc1nc2c(N)nc3cccnc3c2n1CCC(C(N)=O)C(C)CCC=C(C)C. The first-order valence-electron chi connectivity index (χ1n) is 11.6. The van der Waals surface area contributed by atoms with Crippen molar-refractivity contribution in [2.45, 2.75) is 72.8 Å². The molecule has 0 bridgehead atoms. The maximum absolute atomic E-state index is 12.3. The van der Waals surface area contributed by atoms with Crippen LogP contribution in [0, 0.1) is 11.8 Å². The average Bonchev–Trinajstić information content (AvgIpc) is 3.11. The van der Waals surface area contributed by atoms with Gasteiger partial charge in [0, 0.05) is 25.1 Å². The summed E-state index contributed by atoms with van der Waals surface area (Å²) in [5.74, 6) is 1.15.